The summed E-state index contributed by atoms with van der Waals surface area (Å²) in [6, 6.07) is 22.9. The first-order valence-corrected chi connectivity index (χ1v) is 8.97. The molecule has 3 rings (SSSR count). The smallest absolute Gasteiger partial charge is 0.384 e. The van der Waals surface area contributed by atoms with Gasteiger partial charge in [0, 0.05) is 23.3 Å². The van der Waals surface area contributed by atoms with E-state index in [0.717, 1.165) is 22.8 Å². The van der Waals surface area contributed by atoms with Crippen LogP contribution in [0.4, 0.5) is 0 Å². The van der Waals surface area contributed by atoms with Gasteiger partial charge in [-0.15, -0.1) is 0 Å². The fourth-order valence-electron chi connectivity index (χ4n) is 2.36. The summed E-state index contributed by atoms with van der Waals surface area (Å²) in [4.78, 5) is 22.0. The first-order valence-electron chi connectivity index (χ1n) is 8.97. The molecule has 0 radical (unpaired) electrons. The van der Waals surface area contributed by atoms with Crippen LogP contribution in [-0.4, -0.2) is 19.0 Å². The lowest BCUT2D eigenvalue weighted by Gasteiger charge is -2.06. The van der Waals surface area contributed by atoms with Crippen LogP contribution in [-0.2, 0) is 14.3 Å². The Balaban J connectivity index is 0.000000209. The number of fused-ring (bicyclic) bond motifs is 1. The molecule has 0 aromatic heterocycles. The molecule has 0 aliphatic rings. The van der Waals surface area contributed by atoms with Crippen molar-refractivity contribution in [1.82, 2.24) is 0 Å². The van der Waals surface area contributed by atoms with Crippen LogP contribution < -0.4 is 4.74 Å². The summed E-state index contributed by atoms with van der Waals surface area (Å²) in [6.45, 7) is 1.96. The molecule has 28 heavy (non-hydrogen) atoms. The van der Waals surface area contributed by atoms with Gasteiger partial charge in [0.1, 0.15) is 5.75 Å². The van der Waals surface area contributed by atoms with Crippen LogP contribution in [0, 0.1) is 11.8 Å². The molecule has 0 amide bonds. The van der Waals surface area contributed by atoms with Gasteiger partial charge in [-0.3, -0.25) is 4.79 Å². The van der Waals surface area contributed by atoms with E-state index in [1.807, 2.05) is 79.7 Å². The minimum absolute atomic E-state index is 0.168. The van der Waals surface area contributed by atoms with Crippen LogP contribution in [0.25, 0.3) is 10.8 Å². The lowest BCUT2D eigenvalue weighted by molar-refractivity contribution is -0.135. The van der Waals surface area contributed by atoms with Crippen molar-refractivity contribution < 1.29 is 19.1 Å². The first-order chi connectivity index (χ1) is 13.6. The SMILES string of the molecule is CCCC(=O)Oc1cccc2ccccc12.COC(=O)C#Cc1ccccc1. The van der Waals surface area contributed by atoms with Crippen molar-refractivity contribution in [3.05, 3.63) is 78.4 Å². The number of methoxy groups -OCH3 is 1. The van der Waals surface area contributed by atoms with E-state index in [1.54, 1.807) is 0 Å². The van der Waals surface area contributed by atoms with Gasteiger partial charge in [0.25, 0.3) is 0 Å². The van der Waals surface area contributed by atoms with E-state index in [9.17, 15) is 9.59 Å². The minimum Gasteiger partial charge on any atom is -0.459 e. The third-order valence-corrected chi connectivity index (χ3v) is 3.70. The van der Waals surface area contributed by atoms with E-state index >= 15 is 0 Å². The van der Waals surface area contributed by atoms with Crippen molar-refractivity contribution in [2.75, 3.05) is 7.11 Å². The van der Waals surface area contributed by atoms with Crippen LogP contribution in [0.3, 0.4) is 0 Å². The van der Waals surface area contributed by atoms with E-state index in [2.05, 4.69) is 16.6 Å². The predicted molar refractivity (Wildman–Crippen MR) is 110 cm³/mol. The summed E-state index contributed by atoms with van der Waals surface area (Å²) in [5, 5.41) is 2.07. The van der Waals surface area contributed by atoms with Gasteiger partial charge < -0.3 is 9.47 Å². The molecular formula is C24H22O4. The lowest BCUT2D eigenvalue weighted by atomic mass is 10.1. The van der Waals surface area contributed by atoms with Gasteiger partial charge in [0.05, 0.1) is 7.11 Å². The van der Waals surface area contributed by atoms with Crippen LogP contribution in [0.2, 0.25) is 0 Å². The second kappa shape index (κ2) is 11.2. The second-order valence-electron chi connectivity index (χ2n) is 5.81. The van der Waals surface area contributed by atoms with Gasteiger partial charge in [-0.25, -0.2) is 4.79 Å². The van der Waals surface area contributed by atoms with Crippen LogP contribution in [0.15, 0.2) is 72.8 Å². The quantitative estimate of drug-likeness (QED) is 0.377. The monoisotopic (exact) mass is 374 g/mol. The Morgan fingerprint density at radius 1 is 0.893 bits per heavy atom. The van der Waals surface area contributed by atoms with E-state index < -0.39 is 5.97 Å². The molecule has 0 aliphatic heterocycles. The number of esters is 2. The number of hydrogen-bond acceptors (Lipinski definition) is 4. The Bertz CT molecular complexity index is 976. The van der Waals surface area contributed by atoms with Crippen molar-refractivity contribution >= 4 is 22.7 Å². The number of benzene rings is 3. The summed E-state index contributed by atoms with van der Waals surface area (Å²) < 4.78 is 9.69. The molecule has 0 saturated carbocycles. The molecule has 0 bridgehead atoms. The minimum atomic E-state index is -0.515. The maximum atomic E-state index is 11.4. The van der Waals surface area contributed by atoms with E-state index in [4.69, 9.17) is 4.74 Å². The number of hydrogen-bond donors (Lipinski definition) is 0. The molecule has 0 spiro atoms. The van der Waals surface area contributed by atoms with Gasteiger partial charge in [-0.1, -0.05) is 67.4 Å². The number of carbonyl (C=O) groups excluding carboxylic acids is 2. The maximum absolute atomic E-state index is 11.4. The Hall–Kier alpha value is -3.58. The van der Waals surface area contributed by atoms with Crippen LogP contribution in [0.5, 0.6) is 5.75 Å². The highest BCUT2D eigenvalue weighted by molar-refractivity contribution is 5.90. The van der Waals surface area contributed by atoms with Gasteiger partial charge in [-0.2, -0.15) is 0 Å². The maximum Gasteiger partial charge on any atom is 0.384 e. The average Bonchev–Trinajstić information content (AvgIpc) is 2.73. The molecule has 0 N–H and O–H groups in total. The summed E-state index contributed by atoms with van der Waals surface area (Å²) in [6.07, 6.45) is 1.27. The van der Waals surface area contributed by atoms with E-state index in [-0.39, 0.29) is 5.97 Å². The molecule has 142 valence electrons. The molecule has 0 aliphatic carbocycles. The molecule has 4 heteroatoms. The fourth-order valence-corrected chi connectivity index (χ4v) is 2.36. The number of carbonyl (C=O) groups is 2. The molecule has 0 saturated heterocycles. The highest BCUT2D eigenvalue weighted by Gasteiger charge is 2.06. The first kappa shape index (κ1) is 20.7. The third-order valence-electron chi connectivity index (χ3n) is 3.70. The van der Waals surface area contributed by atoms with Gasteiger partial charge in [0.2, 0.25) is 0 Å². The Morgan fingerprint density at radius 3 is 2.29 bits per heavy atom. The topological polar surface area (TPSA) is 52.6 Å². The van der Waals surface area contributed by atoms with Gasteiger partial charge >= 0.3 is 11.9 Å². The zero-order chi connectivity index (χ0) is 20.2. The average molecular weight is 374 g/mol. The number of ether oxygens (including phenoxy) is 2. The largest absolute Gasteiger partial charge is 0.459 e. The zero-order valence-electron chi connectivity index (χ0n) is 16.0. The zero-order valence-corrected chi connectivity index (χ0v) is 16.0. The summed E-state index contributed by atoms with van der Waals surface area (Å²) in [5.41, 5.74) is 0.808. The molecule has 0 heterocycles. The Morgan fingerprint density at radius 2 is 1.57 bits per heavy atom. The Kier molecular flexibility index (Phi) is 8.29. The second-order valence-corrected chi connectivity index (χ2v) is 5.81. The normalized spacial score (nSPS) is 9.36. The van der Waals surface area contributed by atoms with E-state index in [0.29, 0.717) is 12.2 Å². The summed E-state index contributed by atoms with van der Waals surface area (Å²) in [5.74, 6) is 4.98. The standard InChI is InChI=1S/C14H14O2.C10H8O2/c1-2-6-14(15)16-13-10-5-8-11-7-3-4-9-12(11)13;1-12-10(11)8-7-9-5-3-2-4-6-9/h3-5,7-10H,2,6H2,1H3;2-6H,1H3. The third kappa shape index (κ3) is 6.62. The van der Waals surface area contributed by atoms with Gasteiger partial charge in [0.15, 0.2) is 0 Å². The van der Waals surface area contributed by atoms with Crippen molar-refractivity contribution in [3.8, 4) is 17.6 Å². The van der Waals surface area contributed by atoms with Crippen molar-refractivity contribution in [2.45, 2.75) is 19.8 Å². The molecule has 0 fully saturated rings. The fraction of sp³-hybridized carbons (Fsp3) is 0.167. The summed E-state index contributed by atoms with van der Waals surface area (Å²) in [7, 11) is 1.31. The molecule has 0 atom stereocenters. The molecule has 3 aromatic rings. The Labute approximate surface area is 165 Å². The van der Waals surface area contributed by atoms with Crippen LogP contribution in [0.1, 0.15) is 25.3 Å². The highest BCUT2D eigenvalue weighted by atomic mass is 16.5. The lowest BCUT2D eigenvalue weighted by Crippen LogP contribution is -2.06. The van der Waals surface area contributed by atoms with Crippen LogP contribution >= 0.6 is 0 Å². The highest BCUT2D eigenvalue weighted by Crippen LogP contribution is 2.25. The van der Waals surface area contributed by atoms with Crippen molar-refractivity contribution in [2.24, 2.45) is 0 Å². The summed E-state index contributed by atoms with van der Waals surface area (Å²) >= 11 is 0. The van der Waals surface area contributed by atoms with Crippen molar-refractivity contribution in [1.29, 1.82) is 0 Å². The molecular weight excluding hydrogens is 352 g/mol. The molecule has 0 unspecified atom stereocenters. The van der Waals surface area contributed by atoms with E-state index in [1.165, 1.54) is 7.11 Å². The molecule has 3 aromatic carbocycles. The molecule has 4 nitrogen and oxygen atoms in total. The predicted octanol–water partition coefficient (Wildman–Crippen LogP) is 4.76. The van der Waals surface area contributed by atoms with Crippen molar-refractivity contribution in [3.63, 3.8) is 0 Å². The van der Waals surface area contributed by atoms with Gasteiger partial charge in [-0.05, 0) is 30.0 Å². The number of rotatable bonds is 3.